The quantitative estimate of drug-likeness (QED) is 0.774. The van der Waals surface area contributed by atoms with Crippen molar-refractivity contribution in [1.82, 2.24) is 0 Å². The lowest BCUT2D eigenvalue weighted by atomic mass is 9.87. The van der Waals surface area contributed by atoms with E-state index < -0.39 is 0 Å². The molecule has 1 atom stereocenters. The Morgan fingerprint density at radius 3 is 2.56 bits per heavy atom. The van der Waals surface area contributed by atoms with Crippen LogP contribution in [0.2, 0.25) is 0 Å². The Morgan fingerprint density at radius 2 is 2.06 bits per heavy atom. The Bertz CT molecular complexity index is 382. The molecule has 1 aromatic rings. The van der Waals surface area contributed by atoms with Crippen molar-refractivity contribution in [3.63, 3.8) is 0 Å². The maximum absolute atomic E-state index is 13.0. The first-order valence-electron chi connectivity index (χ1n) is 5.23. The fourth-order valence-corrected chi connectivity index (χ4v) is 2.49. The average molecular weight is 287 g/mol. The van der Waals surface area contributed by atoms with Crippen molar-refractivity contribution in [2.24, 2.45) is 5.41 Å². The average Bonchev–Trinajstić information content (AvgIpc) is 2.15. The Balaban J connectivity index is 2.72. The van der Waals surface area contributed by atoms with Crippen LogP contribution >= 0.6 is 15.9 Å². The van der Waals surface area contributed by atoms with Gasteiger partial charge in [0, 0.05) is 5.41 Å². The summed E-state index contributed by atoms with van der Waals surface area (Å²) in [6.07, 6.45) is 0.522. The van der Waals surface area contributed by atoms with Gasteiger partial charge in [0.2, 0.25) is 0 Å². The van der Waals surface area contributed by atoms with E-state index in [1.54, 1.807) is 6.07 Å². The molecule has 0 amide bonds. The van der Waals surface area contributed by atoms with E-state index >= 15 is 0 Å². The summed E-state index contributed by atoms with van der Waals surface area (Å²) in [7, 11) is 0. The van der Waals surface area contributed by atoms with Crippen molar-refractivity contribution < 1.29 is 9.18 Å². The summed E-state index contributed by atoms with van der Waals surface area (Å²) in [5.74, 6) is -0.128. The molecule has 1 unspecified atom stereocenters. The molecule has 16 heavy (non-hydrogen) atoms. The molecular weight excluding hydrogens is 271 g/mol. The smallest absolute Gasteiger partial charge is 0.152 e. The third-order valence-electron chi connectivity index (χ3n) is 2.33. The zero-order valence-corrected chi connectivity index (χ0v) is 11.3. The summed E-state index contributed by atoms with van der Waals surface area (Å²) >= 11 is 3.37. The van der Waals surface area contributed by atoms with Crippen LogP contribution in [0, 0.1) is 11.2 Å². The minimum atomic E-state index is -0.374. The third kappa shape index (κ3) is 3.71. The largest absolute Gasteiger partial charge is 0.298 e. The number of carbonyl (C=O) groups excluding carboxylic acids is 1. The Labute approximate surface area is 104 Å². The normalized spacial score (nSPS) is 13.6. The van der Waals surface area contributed by atoms with Crippen LogP contribution in [0.4, 0.5) is 4.39 Å². The molecular formula is C13H16BrFO. The monoisotopic (exact) mass is 286 g/mol. The van der Waals surface area contributed by atoms with Crippen LogP contribution in [0.3, 0.4) is 0 Å². The topological polar surface area (TPSA) is 17.1 Å². The first-order valence-corrected chi connectivity index (χ1v) is 6.15. The number of rotatable bonds is 3. The van der Waals surface area contributed by atoms with E-state index in [1.807, 2.05) is 26.8 Å². The molecule has 0 saturated carbocycles. The van der Waals surface area contributed by atoms with E-state index in [9.17, 15) is 9.18 Å². The molecule has 1 nitrogen and oxygen atoms in total. The van der Waals surface area contributed by atoms with Gasteiger partial charge in [-0.3, -0.25) is 4.79 Å². The maximum Gasteiger partial charge on any atom is 0.152 e. The summed E-state index contributed by atoms with van der Waals surface area (Å²) < 4.78 is 13.0. The minimum absolute atomic E-state index is 0.136. The number of hydrogen-bond donors (Lipinski definition) is 0. The van der Waals surface area contributed by atoms with Crippen molar-refractivity contribution >= 4 is 21.7 Å². The van der Waals surface area contributed by atoms with Crippen molar-refractivity contribution in [3.8, 4) is 0 Å². The highest BCUT2D eigenvalue weighted by Gasteiger charge is 2.27. The van der Waals surface area contributed by atoms with Gasteiger partial charge in [-0.1, -0.05) is 48.8 Å². The van der Waals surface area contributed by atoms with Crippen LogP contribution in [0.15, 0.2) is 24.3 Å². The fraction of sp³-hybridized carbons (Fsp3) is 0.462. The summed E-state index contributed by atoms with van der Waals surface area (Å²) in [5.41, 5.74) is 0.459. The Morgan fingerprint density at radius 1 is 1.44 bits per heavy atom. The summed E-state index contributed by atoms with van der Waals surface area (Å²) in [5, 5.41) is 0. The van der Waals surface area contributed by atoms with Crippen LogP contribution in [0.1, 0.15) is 26.3 Å². The van der Waals surface area contributed by atoms with Crippen LogP contribution in [0.25, 0.3) is 0 Å². The highest BCUT2D eigenvalue weighted by Crippen LogP contribution is 2.23. The third-order valence-corrected chi connectivity index (χ3v) is 3.07. The number of ketones is 1. The molecule has 0 aliphatic heterocycles. The predicted molar refractivity (Wildman–Crippen MR) is 67.3 cm³/mol. The highest BCUT2D eigenvalue weighted by atomic mass is 79.9. The molecule has 88 valence electrons. The molecule has 0 bridgehead atoms. The predicted octanol–water partition coefficient (Wildman–Crippen LogP) is 3.75. The second-order valence-electron chi connectivity index (χ2n) is 4.92. The molecule has 0 aliphatic rings. The van der Waals surface area contributed by atoms with E-state index in [0.717, 1.165) is 5.56 Å². The standard InChI is InChI=1S/C13H16BrFO/c1-13(2,3)12(16)11(14)8-9-5-4-6-10(15)7-9/h4-7,11H,8H2,1-3H3. The van der Waals surface area contributed by atoms with E-state index in [4.69, 9.17) is 0 Å². The van der Waals surface area contributed by atoms with Crippen molar-refractivity contribution in [3.05, 3.63) is 35.6 Å². The molecule has 0 aliphatic carbocycles. The molecule has 0 N–H and O–H groups in total. The molecule has 0 spiro atoms. The van der Waals surface area contributed by atoms with Crippen molar-refractivity contribution in [2.45, 2.75) is 32.0 Å². The highest BCUT2D eigenvalue weighted by molar-refractivity contribution is 9.10. The first-order chi connectivity index (χ1) is 7.30. The second kappa shape index (κ2) is 5.09. The van der Waals surface area contributed by atoms with Gasteiger partial charge >= 0.3 is 0 Å². The molecule has 3 heteroatoms. The summed E-state index contributed by atoms with van der Waals surface area (Å²) in [6.45, 7) is 5.65. The number of halogens is 2. The molecule has 0 radical (unpaired) electrons. The van der Waals surface area contributed by atoms with E-state index in [-0.39, 0.29) is 21.8 Å². The number of Topliss-reactive ketones (excluding diaryl/α,β-unsaturated/α-hetero) is 1. The zero-order chi connectivity index (χ0) is 12.3. The van der Waals surface area contributed by atoms with Crippen LogP contribution in [-0.2, 0) is 11.2 Å². The van der Waals surface area contributed by atoms with Crippen LogP contribution in [0.5, 0.6) is 0 Å². The molecule has 1 rings (SSSR count). The SMILES string of the molecule is CC(C)(C)C(=O)C(Br)Cc1cccc(F)c1. The summed E-state index contributed by atoms with van der Waals surface area (Å²) in [6, 6.07) is 6.35. The van der Waals surface area contributed by atoms with Crippen LogP contribution in [-0.4, -0.2) is 10.6 Å². The number of alkyl halides is 1. The van der Waals surface area contributed by atoms with Gasteiger partial charge in [0.05, 0.1) is 4.83 Å². The lowest BCUT2D eigenvalue weighted by Gasteiger charge is -2.20. The molecule has 0 saturated heterocycles. The van der Waals surface area contributed by atoms with Gasteiger partial charge in [-0.05, 0) is 24.1 Å². The Hall–Kier alpha value is -0.700. The summed E-state index contributed by atoms with van der Waals surface area (Å²) in [4.78, 5) is 11.7. The van der Waals surface area contributed by atoms with Gasteiger partial charge in [-0.25, -0.2) is 4.39 Å². The lowest BCUT2D eigenvalue weighted by molar-refractivity contribution is -0.125. The minimum Gasteiger partial charge on any atom is -0.298 e. The van der Waals surface area contributed by atoms with Gasteiger partial charge in [-0.2, -0.15) is 0 Å². The van der Waals surface area contributed by atoms with Gasteiger partial charge in [-0.15, -0.1) is 0 Å². The van der Waals surface area contributed by atoms with E-state index in [1.165, 1.54) is 12.1 Å². The van der Waals surface area contributed by atoms with Crippen molar-refractivity contribution in [1.29, 1.82) is 0 Å². The molecule has 1 aromatic carbocycles. The van der Waals surface area contributed by atoms with E-state index in [0.29, 0.717) is 6.42 Å². The van der Waals surface area contributed by atoms with Crippen molar-refractivity contribution in [2.75, 3.05) is 0 Å². The Kier molecular flexibility index (Phi) is 4.25. The van der Waals surface area contributed by atoms with Gasteiger partial charge in [0.1, 0.15) is 5.82 Å². The molecule has 0 heterocycles. The zero-order valence-electron chi connectivity index (χ0n) is 9.76. The second-order valence-corrected chi connectivity index (χ2v) is 6.02. The fourth-order valence-electron chi connectivity index (χ4n) is 1.43. The number of carbonyl (C=O) groups is 1. The molecule has 0 aromatic heterocycles. The lowest BCUT2D eigenvalue weighted by Crippen LogP contribution is -2.30. The van der Waals surface area contributed by atoms with Gasteiger partial charge in [0.15, 0.2) is 5.78 Å². The maximum atomic E-state index is 13.0. The number of benzene rings is 1. The van der Waals surface area contributed by atoms with Crippen LogP contribution < -0.4 is 0 Å². The van der Waals surface area contributed by atoms with E-state index in [2.05, 4.69) is 15.9 Å². The number of hydrogen-bond acceptors (Lipinski definition) is 1. The van der Waals surface area contributed by atoms with Gasteiger partial charge < -0.3 is 0 Å². The first kappa shape index (κ1) is 13.4. The van der Waals surface area contributed by atoms with Gasteiger partial charge in [0.25, 0.3) is 0 Å². The molecule has 0 fully saturated rings.